The van der Waals surface area contributed by atoms with Gasteiger partial charge < -0.3 is 24.3 Å². The number of halogens is 2. The van der Waals surface area contributed by atoms with E-state index in [4.69, 9.17) is 42.1 Å². The minimum absolute atomic E-state index is 0.148. The largest absolute Gasteiger partial charge is 0.497 e. The molecule has 0 bridgehead atoms. The number of Topliss-reactive ketones (excluding diaryl/α,β-unsaturated/α-hetero) is 1. The van der Waals surface area contributed by atoms with Gasteiger partial charge in [-0.15, -0.1) is 0 Å². The minimum atomic E-state index is -1.46. The molecule has 0 aliphatic carbocycles. The Morgan fingerprint density at radius 1 is 0.903 bits per heavy atom. The fourth-order valence-corrected chi connectivity index (χ4v) is 2.96. The smallest absolute Gasteiger partial charge is 0.258 e. The van der Waals surface area contributed by atoms with Gasteiger partial charge in [-0.3, -0.25) is 9.59 Å². The maximum absolute atomic E-state index is 12.8. The number of methoxy groups -OCH3 is 4. The summed E-state index contributed by atoms with van der Waals surface area (Å²) in [4.78, 5) is 24.9. The number of carbonyl (C=O) groups is 2. The average Bonchev–Trinajstić information content (AvgIpc) is 2.75. The molecule has 0 aliphatic heterocycles. The number of nitrogens with zero attached hydrogens (tertiary/aromatic N) is 2. The molecule has 0 radical (unpaired) electrons. The van der Waals surface area contributed by atoms with Gasteiger partial charge in [0.1, 0.15) is 39.4 Å². The van der Waals surface area contributed by atoms with Crippen LogP contribution in [0.3, 0.4) is 0 Å². The van der Waals surface area contributed by atoms with E-state index >= 15 is 0 Å². The molecule has 0 aliphatic rings. The molecule has 0 fully saturated rings. The fourth-order valence-electron chi connectivity index (χ4n) is 2.49. The lowest BCUT2D eigenvalue weighted by atomic mass is 10.2. The van der Waals surface area contributed by atoms with Gasteiger partial charge in [-0.2, -0.15) is 10.2 Å². The van der Waals surface area contributed by atoms with Crippen molar-refractivity contribution in [3.05, 3.63) is 34.3 Å². The maximum atomic E-state index is 12.8. The molecule has 1 N–H and O–H groups in total. The third-order valence-corrected chi connectivity index (χ3v) is 4.77. The Morgan fingerprint density at radius 2 is 1.48 bits per heavy atom. The van der Waals surface area contributed by atoms with E-state index in [1.807, 2.05) is 0 Å². The Bertz CT molecular complexity index is 1010. The first-order valence-corrected chi connectivity index (χ1v) is 9.56. The molecule has 11 heteroatoms. The second-order valence-corrected chi connectivity index (χ2v) is 6.85. The van der Waals surface area contributed by atoms with Crippen LogP contribution in [-0.4, -0.2) is 46.2 Å². The first-order chi connectivity index (χ1) is 14.7. The number of ether oxygens (including phenoxy) is 4. The zero-order valence-corrected chi connectivity index (χ0v) is 19.0. The fraction of sp³-hybridized carbons (Fsp3) is 0.300. The van der Waals surface area contributed by atoms with Gasteiger partial charge in [0.2, 0.25) is 6.04 Å². The number of azo groups is 1. The number of rotatable bonds is 9. The van der Waals surface area contributed by atoms with E-state index in [-0.39, 0.29) is 27.2 Å². The van der Waals surface area contributed by atoms with E-state index in [0.717, 1.165) is 0 Å². The molecular weight excluding hydrogens is 449 g/mol. The van der Waals surface area contributed by atoms with E-state index in [1.54, 1.807) is 6.07 Å². The summed E-state index contributed by atoms with van der Waals surface area (Å²) in [6.07, 6.45) is 0. The average molecular weight is 470 g/mol. The summed E-state index contributed by atoms with van der Waals surface area (Å²) in [7, 11) is 5.76. The highest BCUT2D eigenvalue weighted by molar-refractivity contribution is 6.35. The van der Waals surface area contributed by atoms with Crippen LogP contribution < -0.4 is 24.3 Å². The number of hydrogen-bond donors (Lipinski definition) is 1. The number of hydrogen-bond acceptors (Lipinski definition) is 8. The summed E-state index contributed by atoms with van der Waals surface area (Å²) >= 11 is 12.5. The number of nitrogens with one attached hydrogen (secondary N) is 1. The standard InChI is InChI=1S/C20H21Cl2N3O6/c1-10(26)18(25-24-14-7-12(29-3)8-15(30-4)17(14)22)20(27)23-19-13(21)6-11(28-2)9-16(19)31-5/h6-9,18H,1-5H3,(H,23,27). The Labute approximate surface area is 189 Å². The molecule has 1 amide bonds. The molecule has 0 saturated heterocycles. The van der Waals surface area contributed by atoms with Crippen LogP contribution in [0.4, 0.5) is 11.4 Å². The Morgan fingerprint density at radius 3 is 2.03 bits per heavy atom. The van der Waals surface area contributed by atoms with Crippen LogP contribution >= 0.6 is 23.2 Å². The highest BCUT2D eigenvalue weighted by Gasteiger charge is 2.26. The van der Waals surface area contributed by atoms with Crippen LogP contribution in [0.5, 0.6) is 23.0 Å². The normalized spacial score (nSPS) is 11.7. The molecular formula is C20H21Cl2N3O6. The summed E-state index contributed by atoms with van der Waals surface area (Å²) in [5.74, 6) is 0.0903. The Hall–Kier alpha value is -3.04. The van der Waals surface area contributed by atoms with Gasteiger partial charge in [0, 0.05) is 24.3 Å². The first kappa shape index (κ1) is 24.2. The third kappa shape index (κ3) is 5.77. The van der Waals surface area contributed by atoms with Crippen molar-refractivity contribution in [1.29, 1.82) is 0 Å². The molecule has 2 aromatic rings. The topological polar surface area (TPSA) is 108 Å². The molecule has 0 spiro atoms. The van der Waals surface area contributed by atoms with Gasteiger partial charge >= 0.3 is 0 Å². The van der Waals surface area contributed by atoms with E-state index in [1.165, 1.54) is 53.6 Å². The predicted molar refractivity (Wildman–Crippen MR) is 117 cm³/mol. The second kappa shape index (κ2) is 10.8. The molecule has 0 heterocycles. The van der Waals surface area contributed by atoms with Crippen LogP contribution in [0.1, 0.15) is 6.92 Å². The minimum Gasteiger partial charge on any atom is -0.497 e. The molecule has 0 saturated carbocycles. The number of benzene rings is 2. The second-order valence-electron chi connectivity index (χ2n) is 6.07. The molecule has 9 nitrogen and oxygen atoms in total. The molecule has 166 valence electrons. The highest BCUT2D eigenvalue weighted by atomic mass is 35.5. The quantitative estimate of drug-likeness (QED) is 0.420. The van der Waals surface area contributed by atoms with Crippen molar-refractivity contribution >= 4 is 46.3 Å². The SMILES string of the molecule is COc1cc(N=NC(C(C)=O)C(=O)Nc2c(Cl)cc(OC)cc2OC)c(Cl)c(OC)c1. The Kier molecular flexibility index (Phi) is 8.47. The van der Waals surface area contributed by atoms with Crippen molar-refractivity contribution in [2.24, 2.45) is 10.2 Å². The molecule has 1 atom stereocenters. The van der Waals surface area contributed by atoms with Crippen molar-refractivity contribution in [2.45, 2.75) is 13.0 Å². The van der Waals surface area contributed by atoms with Crippen molar-refractivity contribution in [3.63, 3.8) is 0 Å². The van der Waals surface area contributed by atoms with E-state index in [0.29, 0.717) is 17.2 Å². The van der Waals surface area contributed by atoms with Gasteiger partial charge in [-0.05, 0) is 6.92 Å². The number of carbonyl (C=O) groups excluding carboxylic acids is 2. The lowest BCUT2D eigenvalue weighted by Crippen LogP contribution is -2.32. The summed E-state index contributed by atoms with van der Waals surface area (Å²) in [5, 5.41) is 10.7. The molecule has 2 rings (SSSR count). The number of anilines is 1. The first-order valence-electron chi connectivity index (χ1n) is 8.80. The van der Waals surface area contributed by atoms with Crippen molar-refractivity contribution in [1.82, 2.24) is 0 Å². The van der Waals surface area contributed by atoms with Gasteiger partial charge in [-0.25, -0.2) is 0 Å². The monoisotopic (exact) mass is 469 g/mol. The van der Waals surface area contributed by atoms with Crippen molar-refractivity contribution in [3.8, 4) is 23.0 Å². The van der Waals surface area contributed by atoms with Crippen molar-refractivity contribution in [2.75, 3.05) is 33.8 Å². The molecule has 2 aromatic carbocycles. The zero-order chi connectivity index (χ0) is 23.1. The van der Waals surface area contributed by atoms with Gasteiger partial charge in [0.05, 0.1) is 33.5 Å². The maximum Gasteiger partial charge on any atom is 0.258 e. The lowest BCUT2D eigenvalue weighted by Gasteiger charge is -2.15. The summed E-state index contributed by atoms with van der Waals surface area (Å²) in [6, 6.07) is 4.62. The summed E-state index contributed by atoms with van der Waals surface area (Å²) < 4.78 is 20.7. The summed E-state index contributed by atoms with van der Waals surface area (Å²) in [5.41, 5.74) is 0.328. The summed E-state index contributed by atoms with van der Waals surface area (Å²) in [6.45, 7) is 1.21. The van der Waals surface area contributed by atoms with Gasteiger partial charge in [-0.1, -0.05) is 23.2 Å². The van der Waals surface area contributed by atoms with Gasteiger partial charge in [0.25, 0.3) is 5.91 Å². The zero-order valence-electron chi connectivity index (χ0n) is 17.5. The van der Waals surface area contributed by atoms with Gasteiger partial charge in [0.15, 0.2) is 5.78 Å². The van der Waals surface area contributed by atoms with Crippen LogP contribution in [0.2, 0.25) is 10.0 Å². The van der Waals surface area contributed by atoms with E-state index in [9.17, 15) is 9.59 Å². The molecule has 31 heavy (non-hydrogen) atoms. The van der Waals surface area contributed by atoms with Crippen LogP contribution in [0, 0.1) is 0 Å². The van der Waals surface area contributed by atoms with E-state index < -0.39 is 17.7 Å². The van der Waals surface area contributed by atoms with Crippen LogP contribution in [-0.2, 0) is 9.59 Å². The van der Waals surface area contributed by atoms with E-state index in [2.05, 4.69) is 15.5 Å². The lowest BCUT2D eigenvalue weighted by molar-refractivity contribution is -0.126. The number of amides is 1. The number of ketones is 1. The molecule has 0 aromatic heterocycles. The van der Waals surface area contributed by atoms with Crippen LogP contribution in [0.15, 0.2) is 34.5 Å². The van der Waals surface area contributed by atoms with Crippen LogP contribution in [0.25, 0.3) is 0 Å². The predicted octanol–water partition coefficient (Wildman–Crippen LogP) is 4.71. The Balaban J connectivity index is 2.36. The third-order valence-electron chi connectivity index (χ3n) is 4.09. The van der Waals surface area contributed by atoms with Crippen molar-refractivity contribution < 1.29 is 28.5 Å². The molecule has 1 unspecified atom stereocenters. The highest BCUT2D eigenvalue weighted by Crippen LogP contribution is 2.39.